The molecule has 11 heteroatoms. The van der Waals surface area contributed by atoms with Crippen LogP contribution in [0.4, 0.5) is 11.4 Å². The summed E-state index contributed by atoms with van der Waals surface area (Å²) in [4.78, 5) is 4.81. The van der Waals surface area contributed by atoms with Crippen LogP contribution in [0.3, 0.4) is 0 Å². The third-order valence-electron chi connectivity index (χ3n) is 9.98. The van der Waals surface area contributed by atoms with Gasteiger partial charge in [0.15, 0.2) is 0 Å². The number of hydrogen-bond donors (Lipinski definition) is 1. The van der Waals surface area contributed by atoms with Crippen LogP contribution < -0.4 is 10.2 Å². The first-order chi connectivity index (χ1) is 21.3. The van der Waals surface area contributed by atoms with Gasteiger partial charge in [-0.05, 0) is 88.1 Å². The van der Waals surface area contributed by atoms with Gasteiger partial charge in [-0.25, -0.2) is 16.8 Å². The number of piperidine rings is 3. The number of nitrogens with zero attached hydrogens (tertiary/aromatic N) is 4. The highest BCUT2D eigenvalue weighted by Crippen LogP contribution is 2.40. The van der Waals surface area contributed by atoms with Gasteiger partial charge >= 0.3 is 0 Å². The highest BCUT2D eigenvalue weighted by molar-refractivity contribution is 7.90. The highest BCUT2D eigenvalue weighted by atomic mass is 32.2. The number of nitrogens with one attached hydrogen (secondary N) is 1. The van der Waals surface area contributed by atoms with Gasteiger partial charge in [-0.2, -0.15) is 8.61 Å². The smallest absolute Gasteiger partial charge is 0.245 e. The molecule has 2 aromatic carbocycles. The fourth-order valence-corrected chi connectivity index (χ4v) is 10.9. The van der Waals surface area contributed by atoms with E-state index in [0.29, 0.717) is 63.1 Å². The van der Waals surface area contributed by atoms with Gasteiger partial charge in [-0.1, -0.05) is 43.2 Å². The Balaban J connectivity index is 1.39. The number of likely N-dealkylation sites (tertiary alicyclic amines) is 1. The van der Waals surface area contributed by atoms with Gasteiger partial charge in [0.25, 0.3) is 0 Å². The minimum Gasteiger partial charge on any atom is -0.383 e. The first-order valence-corrected chi connectivity index (χ1v) is 19.7. The van der Waals surface area contributed by atoms with Crippen LogP contribution in [0.15, 0.2) is 52.3 Å². The molecular formula is C33H49N5O4S2. The first kappa shape index (κ1) is 31.8. The van der Waals surface area contributed by atoms with E-state index < -0.39 is 20.0 Å². The van der Waals surface area contributed by atoms with Gasteiger partial charge in [0.2, 0.25) is 20.0 Å². The summed E-state index contributed by atoms with van der Waals surface area (Å²) in [6.45, 7) is 6.89. The van der Waals surface area contributed by atoms with Crippen molar-refractivity contribution in [3.8, 4) is 0 Å². The lowest BCUT2D eigenvalue weighted by Gasteiger charge is -2.36. The average molecular weight is 644 g/mol. The summed E-state index contributed by atoms with van der Waals surface area (Å²) in [7, 11) is -7.79. The molecule has 4 fully saturated rings. The molecule has 9 nitrogen and oxygen atoms in total. The Morgan fingerprint density at radius 3 is 1.77 bits per heavy atom. The molecule has 4 aliphatic heterocycles. The maximum atomic E-state index is 14.4. The van der Waals surface area contributed by atoms with E-state index in [1.165, 1.54) is 24.5 Å². The Morgan fingerprint density at radius 2 is 1.18 bits per heavy atom. The number of benzene rings is 2. The molecular weight excluding hydrogens is 595 g/mol. The van der Waals surface area contributed by atoms with Crippen molar-refractivity contribution >= 4 is 31.4 Å². The van der Waals surface area contributed by atoms with Gasteiger partial charge in [0.05, 0.1) is 11.4 Å². The zero-order valence-electron chi connectivity index (χ0n) is 26.0. The van der Waals surface area contributed by atoms with E-state index in [1.54, 1.807) is 8.61 Å². The predicted octanol–water partition coefficient (Wildman–Crippen LogP) is 4.93. The number of hydrogen-bond acceptors (Lipinski definition) is 7. The van der Waals surface area contributed by atoms with Crippen LogP contribution in [-0.2, 0) is 20.0 Å². The van der Waals surface area contributed by atoms with Crippen molar-refractivity contribution in [3.63, 3.8) is 0 Å². The molecule has 4 heterocycles. The Bertz CT molecular complexity index is 1460. The van der Waals surface area contributed by atoms with E-state index in [9.17, 15) is 16.8 Å². The van der Waals surface area contributed by atoms with Gasteiger partial charge in [-0.3, -0.25) is 0 Å². The van der Waals surface area contributed by atoms with Gasteiger partial charge < -0.3 is 15.1 Å². The quantitative estimate of drug-likeness (QED) is 0.393. The fraction of sp³-hybridized carbons (Fsp3) is 0.636. The molecule has 6 rings (SSSR count). The maximum Gasteiger partial charge on any atom is 0.245 e. The van der Waals surface area contributed by atoms with Gasteiger partial charge in [-0.15, -0.1) is 0 Å². The molecule has 0 atom stereocenters. The Labute approximate surface area is 264 Å². The van der Waals surface area contributed by atoms with Crippen molar-refractivity contribution in [2.24, 2.45) is 0 Å². The second-order valence-electron chi connectivity index (χ2n) is 12.9. The number of rotatable bonds is 10. The summed E-state index contributed by atoms with van der Waals surface area (Å²) in [6.07, 6.45) is 9.55. The lowest BCUT2D eigenvalue weighted by molar-refractivity contribution is 0.345. The summed E-state index contributed by atoms with van der Waals surface area (Å²) in [5.74, 6) is 0.423. The van der Waals surface area contributed by atoms with Gasteiger partial charge in [0, 0.05) is 52.4 Å². The van der Waals surface area contributed by atoms with Gasteiger partial charge in [0.1, 0.15) is 9.79 Å². The fourth-order valence-electron chi connectivity index (χ4n) is 7.38. The van der Waals surface area contributed by atoms with E-state index in [4.69, 9.17) is 0 Å². The first-order valence-electron chi connectivity index (χ1n) is 16.8. The Kier molecular flexibility index (Phi) is 10.2. The second-order valence-corrected chi connectivity index (χ2v) is 16.7. The molecule has 44 heavy (non-hydrogen) atoms. The molecule has 0 bridgehead atoms. The molecule has 242 valence electrons. The molecule has 0 amide bonds. The van der Waals surface area contributed by atoms with Crippen molar-refractivity contribution in [1.82, 2.24) is 13.5 Å². The Morgan fingerprint density at radius 1 is 0.636 bits per heavy atom. The molecule has 0 unspecified atom stereocenters. The zero-order valence-corrected chi connectivity index (χ0v) is 27.6. The summed E-state index contributed by atoms with van der Waals surface area (Å²) in [5.41, 5.74) is 2.47. The summed E-state index contributed by atoms with van der Waals surface area (Å²) < 4.78 is 60.3. The van der Waals surface area contributed by atoms with Crippen LogP contribution in [-0.4, -0.2) is 95.8 Å². The summed E-state index contributed by atoms with van der Waals surface area (Å²) in [6, 6.07) is 13.9. The third kappa shape index (κ3) is 6.97. The third-order valence-corrected chi connectivity index (χ3v) is 13.8. The molecule has 1 N–H and O–H groups in total. The largest absolute Gasteiger partial charge is 0.383 e. The monoisotopic (exact) mass is 643 g/mol. The average Bonchev–Trinajstić information content (AvgIpc) is 3.59. The van der Waals surface area contributed by atoms with Crippen LogP contribution in [0, 0.1) is 0 Å². The lowest BCUT2D eigenvalue weighted by atomic mass is 9.89. The molecule has 4 saturated heterocycles. The van der Waals surface area contributed by atoms with Crippen molar-refractivity contribution in [2.45, 2.75) is 79.9 Å². The number of anilines is 2. The topological polar surface area (TPSA) is 93.3 Å². The van der Waals surface area contributed by atoms with E-state index in [1.807, 2.05) is 12.1 Å². The van der Waals surface area contributed by atoms with Crippen LogP contribution in [0.1, 0.15) is 75.7 Å². The summed E-state index contributed by atoms with van der Waals surface area (Å²) in [5, 5.41) is 3.48. The summed E-state index contributed by atoms with van der Waals surface area (Å²) >= 11 is 0. The minimum absolute atomic E-state index is 0.0966. The molecule has 0 aliphatic carbocycles. The van der Waals surface area contributed by atoms with E-state index in [-0.39, 0.29) is 9.79 Å². The van der Waals surface area contributed by atoms with Crippen molar-refractivity contribution < 1.29 is 16.8 Å². The van der Waals surface area contributed by atoms with Crippen molar-refractivity contribution in [2.75, 3.05) is 75.7 Å². The SMILES string of the molecule is O=S(=O)(c1cc(S(=O)(=O)N2CCCCC2)c(N2CCC(c3ccccc3)CC2)cc1NCCN1CCCC1)N1CCCCC1. The highest BCUT2D eigenvalue weighted by Gasteiger charge is 2.36. The lowest BCUT2D eigenvalue weighted by Crippen LogP contribution is -2.39. The molecule has 0 spiro atoms. The second kappa shape index (κ2) is 14.1. The minimum atomic E-state index is -3.90. The molecule has 0 radical (unpaired) electrons. The van der Waals surface area contributed by atoms with Crippen LogP contribution in [0.5, 0.6) is 0 Å². The molecule has 0 saturated carbocycles. The Hall–Kier alpha value is -2.18. The predicted molar refractivity (Wildman–Crippen MR) is 176 cm³/mol. The zero-order chi connectivity index (χ0) is 30.6. The van der Waals surface area contributed by atoms with E-state index in [2.05, 4.69) is 39.4 Å². The van der Waals surface area contributed by atoms with Crippen LogP contribution in [0.25, 0.3) is 0 Å². The van der Waals surface area contributed by atoms with Crippen molar-refractivity contribution in [3.05, 3.63) is 48.0 Å². The van der Waals surface area contributed by atoms with E-state index >= 15 is 0 Å². The normalized spacial score (nSPS) is 22.0. The standard InChI is InChI=1S/C33H49N5O4S2/c39-43(40,37-19-6-2-7-20-37)32-27-33(44(41,42)38-21-8-3-9-22-38)31(26-30(32)34-16-25-35-17-10-11-18-35)36-23-14-29(15-24-36)28-12-4-1-5-13-28/h1,4-5,12-13,26-27,29,34H,2-3,6-11,14-25H2. The molecule has 4 aliphatic rings. The van der Waals surface area contributed by atoms with Crippen LogP contribution >= 0.6 is 0 Å². The number of sulfonamides is 2. The van der Waals surface area contributed by atoms with E-state index in [0.717, 1.165) is 71.0 Å². The maximum absolute atomic E-state index is 14.4. The van der Waals surface area contributed by atoms with Crippen LogP contribution in [0.2, 0.25) is 0 Å². The molecule has 0 aromatic heterocycles. The molecule has 2 aromatic rings. The van der Waals surface area contributed by atoms with Crippen molar-refractivity contribution in [1.29, 1.82) is 0 Å².